The largest absolute Gasteiger partial charge is 0.312 e. The van der Waals surface area contributed by atoms with Crippen LogP contribution in [0.1, 0.15) is 17.0 Å². The van der Waals surface area contributed by atoms with E-state index >= 15 is 0 Å². The molecule has 0 saturated heterocycles. The molecule has 0 amide bonds. The van der Waals surface area contributed by atoms with Crippen LogP contribution < -0.4 is 0 Å². The Kier molecular flexibility index (Phi) is 3.47. The zero-order valence-corrected chi connectivity index (χ0v) is 10.3. The Morgan fingerprint density at radius 1 is 1.33 bits per heavy atom. The van der Waals surface area contributed by atoms with Gasteiger partial charge in [0.25, 0.3) is 0 Å². The van der Waals surface area contributed by atoms with Crippen molar-refractivity contribution < 1.29 is 4.92 Å². The van der Waals surface area contributed by atoms with Gasteiger partial charge < -0.3 is 0 Å². The van der Waals surface area contributed by atoms with Crippen molar-refractivity contribution in [3.8, 4) is 0 Å². The molecule has 0 fully saturated rings. The van der Waals surface area contributed by atoms with Gasteiger partial charge in [0.1, 0.15) is 11.4 Å². The Bertz CT molecular complexity index is 589. The van der Waals surface area contributed by atoms with Gasteiger partial charge in [-0.05, 0) is 36.2 Å². The lowest BCUT2D eigenvalue weighted by molar-refractivity contribution is -0.386. The molecule has 2 aromatic heterocycles. The number of nitro groups is 1. The standard InChI is InChI=1S/C11H9ClN4O2/c1-7-10(16(17)18)9(15-11(12)14-7)6-8-2-4-13-5-3-8/h2-5H,6H2,1H3. The normalized spacial score (nSPS) is 10.3. The quantitative estimate of drug-likeness (QED) is 0.483. The van der Waals surface area contributed by atoms with Gasteiger partial charge >= 0.3 is 5.69 Å². The molecule has 6 nitrogen and oxygen atoms in total. The van der Waals surface area contributed by atoms with Crippen molar-refractivity contribution in [2.45, 2.75) is 13.3 Å². The topological polar surface area (TPSA) is 81.8 Å². The summed E-state index contributed by atoms with van der Waals surface area (Å²) in [5.41, 5.74) is 1.37. The molecule has 0 N–H and O–H groups in total. The van der Waals surface area contributed by atoms with E-state index < -0.39 is 4.92 Å². The fraction of sp³-hybridized carbons (Fsp3) is 0.182. The molecule has 0 bridgehead atoms. The van der Waals surface area contributed by atoms with Crippen molar-refractivity contribution in [3.05, 3.63) is 56.9 Å². The Hall–Kier alpha value is -2.08. The number of hydrogen-bond donors (Lipinski definition) is 0. The third-order valence-electron chi connectivity index (χ3n) is 2.41. The lowest BCUT2D eigenvalue weighted by Crippen LogP contribution is -2.04. The number of halogens is 1. The van der Waals surface area contributed by atoms with E-state index in [1.165, 1.54) is 0 Å². The number of pyridine rings is 1. The molecule has 0 unspecified atom stereocenters. The highest BCUT2D eigenvalue weighted by Crippen LogP contribution is 2.24. The monoisotopic (exact) mass is 264 g/mol. The summed E-state index contributed by atoms with van der Waals surface area (Å²) in [6.07, 6.45) is 3.57. The first-order valence-corrected chi connectivity index (χ1v) is 5.52. The van der Waals surface area contributed by atoms with Crippen molar-refractivity contribution in [1.29, 1.82) is 0 Å². The highest BCUT2D eigenvalue weighted by Gasteiger charge is 2.21. The van der Waals surface area contributed by atoms with Gasteiger partial charge in [-0.3, -0.25) is 15.1 Å². The summed E-state index contributed by atoms with van der Waals surface area (Å²) in [5, 5.41) is 11.0. The Morgan fingerprint density at radius 3 is 2.61 bits per heavy atom. The van der Waals surface area contributed by atoms with Gasteiger partial charge in [0.05, 0.1) is 4.92 Å². The molecule has 0 aliphatic carbocycles. The van der Waals surface area contributed by atoms with E-state index in [9.17, 15) is 10.1 Å². The number of rotatable bonds is 3. The minimum atomic E-state index is -0.484. The molecule has 92 valence electrons. The molecule has 0 aliphatic heterocycles. The first kappa shape index (κ1) is 12.4. The maximum Gasteiger partial charge on any atom is 0.312 e. The minimum Gasteiger partial charge on any atom is -0.265 e. The van der Waals surface area contributed by atoms with Gasteiger partial charge in [0, 0.05) is 18.8 Å². The second-order valence-corrected chi connectivity index (χ2v) is 4.00. The summed E-state index contributed by atoms with van der Waals surface area (Å²) in [6.45, 7) is 1.54. The second-order valence-electron chi connectivity index (χ2n) is 3.66. The average molecular weight is 265 g/mol. The summed E-state index contributed by atoms with van der Waals surface area (Å²) >= 11 is 5.74. The van der Waals surface area contributed by atoms with Crippen LogP contribution in [-0.4, -0.2) is 19.9 Å². The zero-order valence-electron chi connectivity index (χ0n) is 9.50. The van der Waals surface area contributed by atoms with Crippen molar-refractivity contribution in [2.24, 2.45) is 0 Å². The van der Waals surface area contributed by atoms with E-state index in [2.05, 4.69) is 15.0 Å². The van der Waals surface area contributed by atoms with Gasteiger partial charge in [0.15, 0.2) is 0 Å². The van der Waals surface area contributed by atoms with Crippen LogP contribution in [0.2, 0.25) is 5.28 Å². The molecule has 0 spiro atoms. The number of aryl methyl sites for hydroxylation is 1. The molecule has 0 aromatic carbocycles. The lowest BCUT2D eigenvalue weighted by atomic mass is 10.1. The minimum absolute atomic E-state index is 0.0159. The fourth-order valence-corrected chi connectivity index (χ4v) is 1.87. The molecule has 2 heterocycles. The van der Waals surface area contributed by atoms with Crippen molar-refractivity contribution in [3.63, 3.8) is 0 Å². The summed E-state index contributed by atoms with van der Waals surface area (Å²) < 4.78 is 0. The van der Waals surface area contributed by atoms with Crippen molar-refractivity contribution in [1.82, 2.24) is 15.0 Å². The molecule has 0 radical (unpaired) electrons. The second kappa shape index (κ2) is 5.05. The van der Waals surface area contributed by atoms with Crippen LogP contribution in [0.5, 0.6) is 0 Å². The highest BCUT2D eigenvalue weighted by molar-refractivity contribution is 6.28. The SMILES string of the molecule is Cc1nc(Cl)nc(Cc2ccncc2)c1[N+](=O)[O-]. The molecule has 0 saturated carbocycles. The van der Waals surface area contributed by atoms with Crippen LogP contribution in [0, 0.1) is 17.0 Å². The predicted octanol–water partition coefficient (Wildman–Crippen LogP) is 2.33. The van der Waals surface area contributed by atoms with E-state index in [4.69, 9.17) is 11.6 Å². The van der Waals surface area contributed by atoms with E-state index in [1.54, 1.807) is 31.5 Å². The molecule has 7 heteroatoms. The predicted molar refractivity (Wildman–Crippen MR) is 65.5 cm³/mol. The summed E-state index contributed by atoms with van der Waals surface area (Å²) in [6, 6.07) is 3.55. The maximum absolute atomic E-state index is 11.0. The highest BCUT2D eigenvalue weighted by atomic mass is 35.5. The number of hydrogen-bond acceptors (Lipinski definition) is 5. The van der Waals surface area contributed by atoms with Crippen LogP contribution >= 0.6 is 11.6 Å². The average Bonchev–Trinajstić information content (AvgIpc) is 2.28. The first-order valence-electron chi connectivity index (χ1n) is 5.14. The maximum atomic E-state index is 11.0. The smallest absolute Gasteiger partial charge is 0.265 e. The number of nitrogens with zero attached hydrogens (tertiary/aromatic N) is 4. The Balaban J connectivity index is 2.46. The summed E-state index contributed by atoms with van der Waals surface area (Å²) in [5.74, 6) is 0. The Labute approximate surface area is 108 Å². The van der Waals surface area contributed by atoms with Crippen LogP contribution in [0.3, 0.4) is 0 Å². The third kappa shape index (κ3) is 2.60. The van der Waals surface area contributed by atoms with E-state index in [0.717, 1.165) is 5.56 Å². The molecular formula is C11H9ClN4O2. The molecule has 0 aliphatic rings. The third-order valence-corrected chi connectivity index (χ3v) is 2.58. The van der Waals surface area contributed by atoms with E-state index in [0.29, 0.717) is 12.1 Å². The molecule has 18 heavy (non-hydrogen) atoms. The molecule has 2 rings (SSSR count). The van der Waals surface area contributed by atoms with Crippen LogP contribution in [0.4, 0.5) is 5.69 Å². The fourth-order valence-electron chi connectivity index (χ4n) is 1.64. The van der Waals surface area contributed by atoms with Gasteiger partial charge in [-0.2, -0.15) is 0 Å². The van der Waals surface area contributed by atoms with Crippen molar-refractivity contribution in [2.75, 3.05) is 0 Å². The van der Waals surface area contributed by atoms with Gasteiger partial charge in [-0.25, -0.2) is 9.97 Å². The van der Waals surface area contributed by atoms with Gasteiger partial charge in [0.2, 0.25) is 5.28 Å². The summed E-state index contributed by atoms with van der Waals surface area (Å²) in [7, 11) is 0. The number of aromatic nitrogens is 3. The van der Waals surface area contributed by atoms with Crippen LogP contribution in [0.15, 0.2) is 24.5 Å². The van der Waals surface area contributed by atoms with Crippen LogP contribution in [0.25, 0.3) is 0 Å². The van der Waals surface area contributed by atoms with Crippen LogP contribution in [-0.2, 0) is 6.42 Å². The Morgan fingerprint density at radius 2 is 2.00 bits per heavy atom. The van der Waals surface area contributed by atoms with Crippen molar-refractivity contribution >= 4 is 17.3 Å². The molecule has 2 aromatic rings. The molecular weight excluding hydrogens is 256 g/mol. The van der Waals surface area contributed by atoms with Gasteiger partial charge in [-0.15, -0.1) is 0 Å². The van der Waals surface area contributed by atoms with Gasteiger partial charge in [-0.1, -0.05) is 0 Å². The zero-order chi connectivity index (χ0) is 13.1. The lowest BCUT2D eigenvalue weighted by Gasteiger charge is -2.04. The summed E-state index contributed by atoms with van der Waals surface area (Å²) in [4.78, 5) is 22.2. The first-order chi connectivity index (χ1) is 8.58. The van der Waals surface area contributed by atoms with E-state index in [1.807, 2.05) is 0 Å². The van der Waals surface area contributed by atoms with E-state index in [-0.39, 0.29) is 16.7 Å². The molecule has 0 atom stereocenters.